The normalized spacial score (nSPS) is 10.8. The van der Waals surface area contributed by atoms with Crippen LogP contribution in [-0.4, -0.2) is 17.4 Å². The third kappa shape index (κ3) is 4.18. The average molecular weight is 391 g/mol. The maximum Gasteiger partial charge on any atom is 0.251 e. The van der Waals surface area contributed by atoms with E-state index in [4.69, 9.17) is 16.3 Å². The zero-order valence-corrected chi connectivity index (χ0v) is 15.9. The number of aromatic nitrogens is 1. The second kappa shape index (κ2) is 8.19. The van der Waals surface area contributed by atoms with Crippen molar-refractivity contribution in [2.45, 2.75) is 6.42 Å². The van der Waals surface area contributed by atoms with Gasteiger partial charge in [-0.05, 0) is 66.6 Å². The van der Waals surface area contributed by atoms with Gasteiger partial charge in [0.2, 0.25) is 0 Å². The zero-order chi connectivity index (χ0) is 19.3. The van der Waals surface area contributed by atoms with Gasteiger partial charge in [-0.1, -0.05) is 29.8 Å². The minimum atomic E-state index is -0.107. The molecule has 0 radical (unpaired) electrons. The number of ether oxygens (including phenoxy) is 1. The van der Waals surface area contributed by atoms with E-state index in [1.165, 1.54) is 0 Å². The maximum absolute atomic E-state index is 12.4. The fraction of sp³-hybridized carbons (Fsp3) is 0.0870. The van der Waals surface area contributed by atoms with Crippen LogP contribution in [0.1, 0.15) is 15.9 Å². The predicted octanol–water partition coefficient (Wildman–Crippen LogP) is 5.59. The highest BCUT2D eigenvalue weighted by atomic mass is 35.5. The molecule has 1 amide bonds. The van der Waals surface area contributed by atoms with Gasteiger partial charge in [-0.25, -0.2) is 0 Å². The number of hydrogen-bond donors (Lipinski definition) is 2. The topological polar surface area (TPSA) is 54.1 Å². The molecule has 140 valence electrons. The minimum absolute atomic E-state index is 0.107. The average Bonchev–Trinajstić information content (AvgIpc) is 3.11. The molecule has 0 aliphatic heterocycles. The monoisotopic (exact) mass is 390 g/mol. The van der Waals surface area contributed by atoms with Gasteiger partial charge in [0.15, 0.2) is 0 Å². The minimum Gasteiger partial charge on any atom is -0.457 e. The first-order chi connectivity index (χ1) is 13.7. The summed E-state index contributed by atoms with van der Waals surface area (Å²) < 4.78 is 5.75. The number of rotatable bonds is 6. The molecule has 0 bridgehead atoms. The second-order valence-electron chi connectivity index (χ2n) is 6.45. The number of halogens is 1. The second-order valence-corrected chi connectivity index (χ2v) is 6.89. The lowest BCUT2D eigenvalue weighted by molar-refractivity contribution is 0.0954. The van der Waals surface area contributed by atoms with Crippen molar-refractivity contribution in [1.82, 2.24) is 10.3 Å². The highest BCUT2D eigenvalue weighted by Gasteiger charge is 2.08. The van der Waals surface area contributed by atoms with Crippen molar-refractivity contribution in [3.05, 3.63) is 95.1 Å². The zero-order valence-electron chi connectivity index (χ0n) is 15.1. The molecule has 5 heteroatoms. The Hall–Kier alpha value is -3.24. The number of carbonyl (C=O) groups excluding carboxylic acids is 1. The van der Waals surface area contributed by atoms with E-state index in [-0.39, 0.29) is 5.91 Å². The highest BCUT2D eigenvalue weighted by Crippen LogP contribution is 2.23. The summed E-state index contributed by atoms with van der Waals surface area (Å²) in [4.78, 5) is 15.6. The number of amides is 1. The van der Waals surface area contributed by atoms with Gasteiger partial charge in [-0.2, -0.15) is 0 Å². The van der Waals surface area contributed by atoms with Crippen LogP contribution in [0.5, 0.6) is 11.5 Å². The molecule has 1 heterocycles. The molecule has 2 N–H and O–H groups in total. The van der Waals surface area contributed by atoms with Crippen LogP contribution in [-0.2, 0) is 6.42 Å². The fourth-order valence-electron chi connectivity index (χ4n) is 3.07. The molecule has 0 aliphatic rings. The van der Waals surface area contributed by atoms with E-state index in [9.17, 15) is 4.79 Å². The number of aromatic amines is 1. The Morgan fingerprint density at radius 1 is 0.964 bits per heavy atom. The van der Waals surface area contributed by atoms with Crippen LogP contribution in [0.15, 0.2) is 79.0 Å². The molecule has 4 aromatic rings. The van der Waals surface area contributed by atoms with Crippen LogP contribution in [0.4, 0.5) is 0 Å². The first-order valence-corrected chi connectivity index (χ1v) is 9.43. The Bertz CT molecular complexity index is 1090. The smallest absolute Gasteiger partial charge is 0.251 e. The van der Waals surface area contributed by atoms with E-state index in [0.29, 0.717) is 22.9 Å². The number of hydrogen-bond acceptors (Lipinski definition) is 2. The SMILES string of the molecule is O=C(NCCc1c[nH]c2ccc(Cl)cc12)c1ccc(Oc2ccccc2)cc1. The van der Waals surface area contributed by atoms with Gasteiger partial charge in [0.1, 0.15) is 11.5 Å². The quantitative estimate of drug-likeness (QED) is 0.451. The summed E-state index contributed by atoms with van der Waals surface area (Å²) >= 11 is 6.08. The number of H-pyrrole nitrogens is 1. The number of para-hydroxylation sites is 1. The summed E-state index contributed by atoms with van der Waals surface area (Å²) in [5.41, 5.74) is 2.77. The van der Waals surface area contributed by atoms with Crippen LogP contribution in [0.2, 0.25) is 5.02 Å². The summed E-state index contributed by atoms with van der Waals surface area (Å²) in [5.74, 6) is 1.35. The van der Waals surface area contributed by atoms with Gasteiger partial charge < -0.3 is 15.0 Å². The van der Waals surface area contributed by atoms with Crippen molar-refractivity contribution in [3.8, 4) is 11.5 Å². The third-order valence-electron chi connectivity index (χ3n) is 4.50. The maximum atomic E-state index is 12.4. The predicted molar refractivity (Wildman–Crippen MR) is 112 cm³/mol. The number of carbonyl (C=O) groups is 1. The van der Waals surface area contributed by atoms with E-state index in [1.54, 1.807) is 24.3 Å². The molecule has 3 aromatic carbocycles. The summed E-state index contributed by atoms with van der Waals surface area (Å²) in [6, 6.07) is 22.4. The first-order valence-electron chi connectivity index (χ1n) is 9.06. The Labute approximate surface area is 168 Å². The number of nitrogens with one attached hydrogen (secondary N) is 2. The van der Waals surface area contributed by atoms with E-state index < -0.39 is 0 Å². The van der Waals surface area contributed by atoms with Gasteiger partial charge in [0.25, 0.3) is 5.91 Å². The van der Waals surface area contributed by atoms with Crippen molar-refractivity contribution < 1.29 is 9.53 Å². The van der Waals surface area contributed by atoms with E-state index >= 15 is 0 Å². The van der Waals surface area contributed by atoms with Gasteiger partial charge in [-0.15, -0.1) is 0 Å². The molecule has 0 aliphatic carbocycles. The van der Waals surface area contributed by atoms with Crippen LogP contribution in [0.25, 0.3) is 10.9 Å². The lowest BCUT2D eigenvalue weighted by Gasteiger charge is -2.08. The number of benzene rings is 3. The van der Waals surface area contributed by atoms with Gasteiger partial charge >= 0.3 is 0 Å². The van der Waals surface area contributed by atoms with Crippen LogP contribution in [0, 0.1) is 0 Å². The molecule has 0 spiro atoms. The molecule has 28 heavy (non-hydrogen) atoms. The Morgan fingerprint density at radius 3 is 2.50 bits per heavy atom. The standard InChI is InChI=1S/C23H19ClN2O2/c24-18-8-11-22-21(14-18)17(15-26-22)12-13-25-23(27)16-6-9-20(10-7-16)28-19-4-2-1-3-5-19/h1-11,14-15,26H,12-13H2,(H,25,27). The van der Waals surface area contributed by atoms with Gasteiger partial charge in [0, 0.05) is 34.2 Å². The first kappa shape index (κ1) is 18.1. The number of fused-ring (bicyclic) bond motifs is 1. The molecule has 0 fully saturated rings. The van der Waals surface area contributed by atoms with E-state index in [0.717, 1.165) is 28.6 Å². The fourth-order valence-corrected chi connectivity index (χ4v) is 3.24. The van der Waals surface area contributed by atoms with Crippen molar-refractivity contribution in [1.29, 1.82) is 0 Å². The summed E-state index contributed by atoms with van der Waals surface area (Å²) in [6.45, 7) is 0.542. The van der Waals surface area contributed by atoms with Crippen LogP contribution < -0.4 is 10.1 Å². The molecular weight excluding hydrogens is 372 g/mol. The Balaban J connectivity index is 1.34. The van der Waals surface area contributed by atoms with Crippen LogP contribution >= 0.6 is 11.6 Å². The van der Waals surface area contributed by atoms with Gasteiger partial charge in [0.05, 0.1) is 0 Å². The molecule has 4 nitrogen and oxygen atoms in total. The molecule has 0 unspecified atom stereocenters. The van der Waals surface area contributed by atoms with Crippen molar-refractivity contribution >= 4 is 28.4 Å². The lowest BCUT2D eigenvalue weighted by atomic mass is 10.1. The Kier molecular flexibility index (Phi) is 5.31. The third-order valence-corrected chi connectivity index (χ3v) is 4.74. The molecule has 1 aromatic heterocycles. The summed E-state index contributed by atoms with van der Waals surface area (Å²) in [5, 5.41) is 4.75. The van der Waals surface area contributed by atoms with Crippen molar-refractivity contribution in [3.63, 3.8) is 0 Å². The molecular formula is C23H19ClN2O2. The Morgan fingerprint density at radius 2 is 1.71 bits per heavy atom. The molecule has 0 saturated carbocycles. The molecule has 0 atom stereocenters. The lowest BCUT2D eigenvalue weighted by Crippen LogP contribution is -2.25. The van der Waals surface area contributed by atoms with Crippen molar-refractivity contribution in [2.75, 3.05) is 6.54 Å². The van der Waals surface area contributed by atoms with E-state index in [1.807, 2.05) is 54.7 Å². The highest BCUT2D eigenvalue weighted by molar-refractivity contribution is 6.31. The van der Waals surface area contributed by atoms with Crippen molar-refractivity contribution in [2.24, 2.45) is 0 Å². The summed E-state index contributed by atoms with van der Waals surface area (Å²) in [6.07, 6.45) is 2.68. The molecule has 4 rings (SSSR count). The molecule has 0 saturated heterocycles. The summed E-state index contributed by atoms with van der Waals surface area (Å²) in [7, 11) is 0. The van der Waals surface area contributed by atoms with E-state index in [2.05, 4.69) is 10.3 Å². The largest absolute Gasteiger partial charge is 0.457 e. The van der Waals surface area contributed by atoms with Crippen LogP contribution in [0.3, 0.4) is 0 Å². The van der Waals surface area contributed by atoms with Gasteiger partial charge in [-0.3, -0.25) is 4.79 Å².